The van der Waals surface area contributed by atoms with Crippen LogP contribution < -0.4 is 4.74 Å². The first kappa shape index (κ1) is 18.0. The standard InChI is InChI=1S/C22H31NO3/c1-15-20-21(24)18-8-7-17(26-12-11-25-3)13-19(18)22(15,2)9-4-10-23(20)14-16-5-6-16/h7-8,13,15-16,20H,4-6,9-12,14H2,1-3H3/t15-,20-,22-/m0/s1. The van der Waals surface area contributed by atoms with Crippen LogP contribution in [0.3, 0.4) is 0 Å². The van der Waals surface area contributed by atoms with E-state index in [1.165, 1.54) is 18.4 Å². The second kappa shape index (κ2) is 6.97. The molecule has 1 saturated carbocycles. The van der Waals surface area contributed by atoms with Gasteiger partial charge < -0.3 is 9.47 Å². The zero-order valence-corrected chi connectivity index (χ0v) is 16.3. The van der Waals surface area contributed by atoms with Gasteiger partial charge in [-0.2, -0.15) is 0 Å². The molecule has 1 saturated heterocycles. The number of likely N-dealkylation sites (tertiary alicyclic amines) is 1. The Labute approximate surface area is 156 Å². The van der Waals surface area contributed by atoms with Gasteiger partial charge in [0.05, 0.1) is 12.6 Å². The molecule has 0 spiro atoms. The van der Waals surface area contributed by atoms with Gasteiger partial charge in [-0.05, 0) is 73.2 Å². The third-order valence-corrected chi connectivity index (χ3v) is 6.90. The lowest BCUT2D eigenvalue weighted by molar-refractivity contribution is 0.0642. The highest BCUT2D eigenvalue weighted by atomic mass is 16.5. The summed E-state index contributed by atoms with van der Waals surface area (Å²) < 4.78 is 10.9. The average Bonchev–Trinajstić information content (AvgIpc) is 3.44. The molecule has 0 N–H and O–H groups in total. The van der Waals surface area contributed by atoms with Crippen LogP contribution in [-0.4, -0.2) is 50.1 Å². The minimum Gasteiger partial charge on any atom is -0.491 e. The van der Waals surface area contributed by atoms with Gasteiger partial charge >= 0.3 is 0 Å². The van der Waals surface area contributed by atoms with Crippen molar-refractivity contribution in [1.82, 2.24) is 4.90 Å². The lowest BCUT2D eigenvalue weighted by Gasteiger charge is -2.46. The maximum absolute atomic E-state index is 13.4. The van der Waals surface area contributed by atoms with Crippen LogP contribution in [0, 0.1) is 11.8 Å². The average molecular weight is 357 g/mol. The zero-order chi connectivity index (χ0) is 18.3. The van der Waals surface area contributed by atoms with Crippen molar-refractivity contribution >= 4 is 5.78 Å². The van der Waals surface area contributed by atoms with Gasteiger partial charge in [-0.3, -0.25) is 9.69 Å². The Morgan fingerprint density at radius 2 is 2.08 bits per heavy atom. The third-order valence-electron chi connectivity index (χ3n) is 6.90. The van der Waals surface area contributed by atoms with Crippen molar-refractivity contribution in [3.05, 3.63) is 29.3 Å². The molecule has 4 nitrogen and oxygen atoms in total. The summed E-state index contributed by atoms with van der Waals surface area (Å²) in [5.74, 6) is 2.31. The van der Waals surface area contributed by atoms with Crippen molar-refractivity contribution in [2.75, 3.05) is 33.4 Å². The first-order chi connectivity index (χ1) is 12.5. The minimum atomic E-state index is 0.0346. The number of benzene rings is 1. The van der Waals surface area contributed by atoms with E-state index in [0.717, 1.165) is 43.2 Å². The SMILES string of the molecule is COCCOc1ccc2c(c1)[C@@]1(C)CCCN(CC3CC3)[C@H](C2=O)[C@@H]1C. The minimum absolute atomic E-state index is 0.0346. The maximum atomic E-state index is 13.4. The second-order valence-electron chi connectivity index (χ2n) is 8.61. The zero-order valence-electron chi connectivity index (χ0n) is 16.3. The number of ether oxygens (including phenoxy) is 2. The Balaban J connectivity index is 1.68. The number of hydrogen-bond acceptors (Lipinski definition) is 4. The Bertz CT molecular complexity index is 684. The molecular weight excluding hydrogens is 326 g/mol. The van der Waals surface area contributed by atoms with Gasteiger partial charge in [0, 0.05) is 19.2 Å². The molecule has 1 aromatic carbocycles. The Morgan fingerprint density at radius 3 is 2.81 bits per heavy atom. The van der Waals surface area contributed by atoms with E-state index in [0.29, 0.717) is 24.9 Å². The highest BCUT2D eigenvalue weighted by Gasteiger charge is 2.51. The Hall–Kier alpha value is -1.39. The van der Waals surface area contributed by atoms with Crippen LogP contribution in [0.4, 0.5) is 0 Å². The van der Waals surface area contributed by atoms with Crippen molar-refractivity contribution in [2.45, 2.75) is 51.0 Å². The van der Waals surface area contributed by atoms with Crippen LogP contribution in [0.15, 0.2) is 18.2 Å². The molecule has 1 aliphatic heterocycles. The van der Waals surface area contributed by atoms with Crippen LogP contribution >= 0.6 is 0 Å². The van der Waals surface area contributed by atoms with Gasteiger partial charge in [-0.15, -0.1) is 0 Å². The van der Waals surface area contributed by atoms with Crippen molar-refractivity contribution in [3.8, 4) is 5.75 Å². The molecule has 0 amide bonds. The van der Waals surface area contributed by atoms with Crippen molar-refractivity contribution in [1.29, 1.82) is 0 Å². The largest absolute Gasteiger partial charge is 0.491 e. The molecule has 4 heteroatoms. The first-order valence-electron chi connectivity index (χ1n) is 10.1. The van der Waals surface area contributed by atoms with Crippen molar-refractivity contribution < 1.29 is 14.3 Å². The number of methoxy groups -OCH3 is 1. The lowest BCUT2D eigenvalue weighted by atomic mass is 9.61. The molecule has 0 aromatic heterocycles. The third kappa shape index (κ3) is 3.07. The number of Topliss-reactive ketones (excluding diaryl/α,β-unsaturated/α-hetero) is 1. The molecule has 142 valence electrons. The Morgan fingerprint density at radius 1 is 1.27 bits per heavy atom. The molecular formula is C22H31NO3. The summed E-state index contributed by atoms with van der Waals surface area (Å²) in [6.07, 6.45) is 4.96. The number of carbonyl (C=O) groups is 1. The molecule has 2 bridgehead atoms. The quantitative estimate of drug-likeness (QED) is 0.728. The molecule has 26 heavy (non-hydrogen) atoms. The van der Waals surface area contributed by atoms with Gasteiger partial charge in [0.15, 0.2) is 5.78 Å². The predicted molar refractivity (Wildman–Crippen MR) is 102 cm³/mol. The fourth-order valence-corrected chi connectivity index (χ4v) is 4.99. The van der Waals surface area contributed by atoms with Gasteiger partial charge in [-0.1, -0.05) is 13.8 Å². The fourth-order valence-electron chi connectivity index (χ4n) is 4.99. The molecule has 0 radical (unpaired) electrons. The number of ketones is 1. The summed E-state index contributed by atoms with van der Waals surface area (Å²) in [5, 5.41) is 0. The molecule has 2 aliphatic carbocycles. The Kier molecular flexibility index (Phi) is 4.83. The van der Waals surface area contributed by atoms with Gasteiger partial charge in [0.1, 0.15) is 12.4 Å². The van der Waals surface area contributed by atoms with E-state index in [9.17, 15) is 4.79 Å². The van der Waals surface area contributed by atoms with Crippen LogP contribution in [0.1, 0.15) is 55.5 Å². The van der Waals surface area contributed by atoms with Crippen LogP contribution in [0.25, 0.3) is 0 Å². The van der Waals surface area contributed by atoms with E-state index in [-0.39, 0.29) is 11.5 Å². The summed E-state index contributed by atoms with van der Waals surface area (Å²) in [7, 11) is 1.68. The van der Waals surface area contributed by atoms with E-state index in [2.05, 4.69) is 24.8 Å². The molecule has 1 aromatic rings. The smallest absolute Gasteiger partial charge is 0.180 e. The van der Waals surface area contributed by atoms with E-state index in [1.54, 1.807) is 7.11 Å². The van der Waals surface area contributed by atoms with Gasteiger partial charge in [0.2, 0.25) is 0 Å². The van der Waals surface area contributed by atoms with E-state index in [1.807, 2.05) is 12.1 Å². The highest BCUT2D eigenvalue weighted by molar-refractivity contribution is 6.03. The predicted octanol–water partition coefficient (Wildman–Crippen LogP) is 3.68. The monoisotopic (exact) mass is 357 g/mol. The highest BCUT2D eigenvalue weighted by Crippen LogP contribution is 2.49. The molecule has 3 aliphatic rings. The van der Waals surface area contributed by atoms with E-state index >= 15 is 0 Å². The van der Waals surface area contributed by atoms with Crippen molar-refractivity contribution in [3.63, 3.8) is 0 Å². The number of nitrogens with zero attached hydrogens (tertiary/aromatic N) is 1. The number of fused-ring (bicyclic) bond motifs is 4. The maximum Gasteiger partial charge on any atom is 0.180 e. The summed E-state index contributed by atoms with van der Waals surface area (Å²) in [6.45, 7) is 7.91. The van der Waals surface area contributed by atoms with E-state index < -0.39 is 0 Å². The van der Waals surface area contributed by atoms with Gasteiger partial charge in [0.25, 0.3) is 0 Å². The second-order valence-corrected chi connectivity index (χ2v) is 8.61. The summed E-state index contributed by atoms with van der Waals surface area (Å²) in [6, 6.07) is 6.10. The summed E-state index contributed by atoms with van der Waals surface area (Å²) in [5.41, 5.74) is 2.14. The molecule has 4 rings (SSSR count). The number of carbonyl (C=O) groups excluding carboxylic acids is 1. The topological polar surface area (TPSA) is 38.8 Å². The van der Waals surface area contributed by atoms with E-state index in [4.69, 9.17) is 9.47 Å². The number of hydrogen-bond donors (Lipinski definition) is 0. The molecule has 2 fully saturated rings. The molecule has 1 heterocycles. The van der Waals surface area contributed by atoms with Gasteiger partial charge in [-0.25, -0.2) is 0 Å². The molecule has 0 unspecified atom stereocenters. The fraction of sp³-hybridized carbons (Fsp3) is 0.682. The van der Waals surface area contributed by atoms with Crippen LogP contribution in [-0.2, 0) is 10.2 Å². The lowest BCUT2D eigenvalue weighted by Crippen LogP contribution is -2.53. The van der Waals surface area contributed by atoms with Crippen LogP contribution in [0.2, 0.25) is 0 Å². The summed E-state index contributed by atoms with van der Waals surface area (Å²) in [4.78, 5) is 15.9. The molecule has 3 atom stereocenters. The van der Waals surface area contributed by atoms with Crippen LogP contribution in [0.5, 0.6) is 5.75 Å². The summed E-state index contributed by atoms with van der Waals surface area (Å²) >= 11 is 0. The first-order valence-corrected chi connectivity index (χ1v) is 10.1. The normalized spacial score (nSPS) is 31.4. The van der Waals surface area contributed by atoms with Crippen molar-refractivity contribution in [2.24, 2.45) is 11.8 Å². The number of rotatable bonds is 6.